The molecule has 3 atom stereocenters. The van der Waals surface area contributed by atoms with E-state index in [1.165, 1.54) is 12.1 Å². The number of nitro groups is 1. The molecule has 3 unspecified atom stereocenters. The van der Waals surface area contributed by atoms with Gasteiger partial charge in [-0.05, 0) is 36.0 Å². The summed E-state index contributed by atoms with van der Waals surface area (Å²) in [5.41, 5.74) is 3.98. The fourth-order valence-electron chi connectivity index (χ4n) is 5.34. The van der Waals surface area contributed by atoms with Gasteiger partial charge in [0.25, 0.3) is 5.69 Å². The molecule has 5 rings (SSSR count). The van der Waals surface area contributed by atoms with Gasteiger partial charge in [0.15, 0.2) is 5.78 Å². The van der Waals surface area contributed by atoms with E-state index in [0.29, 0.717) is 29.0 Å². The summed E-state index contributed by atoms with van der Waals surface area (Å²) in [7, 11) is 0. The predicted octanol–water partition coefficient (Wildman–Crippen LogP) is 5.91. The van der Waals surface area contributed by atoms with E-state index in [2.05, 4.69) is 0 Å². The van der Waals surface area contributed by atoms with Crippen molar-refractivity contribution in [2.75, 3.05) is 0 Å². The molecule has 1 aliphatic carbocycles. The Morgan fingerprint density at radius 1 is 0.973 bits per heavy atom. The first-order chi connectivity index (χ1) is 17.9. The van der Waals surface area contributed by atoms with E-state index in [4.69, 9.17) is 9.73 Å². The molecular formula is C30H26N2O5. The van der Waals surface area contributed by atoms with E-state index in [1.807, 2.05) is 60.7 Å². The maximum absolute atomic E-state index is 13.7. The summed E-state index contributed by atoms with van der Waals surface area (Å²) in [6.07, 6.45) is 0.842. The fraction of sp³-hybridized carbons (Fsp3) is 0.233. The molecule has 0 fully saturated rings. The van der Waals surface area contributed by atoms with E-state index < -0.39 is 22.7 Å². The third-order valence-electron chi connectivity index (χ3n) is 7.08. The van der Waals surface area contributed by atoms with Crippen molar-refractivity contribution in [3.8, 4) is 0 Å². The molecule has 186 valence electrons. The van der Waals surface area contributed by atoms with Crippen molar-refractivity contribution in [1.82, 2.24) is 0 Å². The van der Waals surface area contributed by atoms with Gasteiger partial charge in [-0.3, -0.25) is 24.7 Å². The standard InChI is InChI=1S/C30H26N2O5/c1-19-27(30(34)37-18-20-9-4-2-5-10-20)28(22-13-8-14-24(15-22)32(35)36)29-25(31-19)16-23(17-26(29)33)21-11-6-3-7-12-21/h2-15,23,27-28H,16-18H2,1H3. The number of esters is 1. The molecule has 2 aliphatic rings. The number of rotatable bonds is 6. The van der Waals surface area contributed by atoms with Gasteiger partial charge in [0.2, 0.25) is 0 Å². The molecule has 0 N–H and O–H groups in total. The average molecular weight is 495 g/mol. The van der Waals surface area contributed by atoms with Gasteiger partial charge in [0, 0.05) is 41.5 Å². The number of nitro benzene ring substituents is 1. The van der Waals surface area contributed by atoms with Crippen molar-refractivity contribution in [2.24, 2.45) is 10.9 Å². The van der Waals surface area contributed by atoms with Crippen molar-refractivity contribution in [2.45, 2.75) is 38.2 Å². The largest absolute Gasteiger partial charge is 0.460 e. The Morgan fingerprint density at radius 3 is 2.35 bits per heavy atom. The SMILES string of the molecule is CC1=NC2=C(C(=O)CC(c3ccccc3)C2)C(c2cccc([N+](=O)[O-])c2)C1C(=O)OCc1ccccc1. The Labute approximate surface area is 214 Å². The molecule has 0 aromatic heterocycles. The minimum atomic E-state index is -0.860. The Hall–Kier alpha value is -4.39. The van der Waals surface area contributed by atoms with E-state index in [0.717, 1.165) is 11.1 Å². The van der Waals surface area contributed by atoms with Crippen LogP contribution in [0.15, 0.2) is 101 Å². The van der Waals surface area contributed by atoms with Crippen molar-refractivity contribution in [3.05, 3.63) is 123 Å². The summed E-state index contributed by atoms with van der Waals surface area (Å²) < 4.78 is 5.69. The summed E-state index contributed by atoms with van der Waals surface area (Å²) in [5.74, 6) is -2.19. The molecule has 0 saturated heterocycles. The zero-order valence-electron chi connectivity index (χ0n) is 20.4. The summed E-state index contributed by atoms with van der Waals surface area (Å²) in [5, 5.41) is 11.5. The van der Waals surface area contributed by atoms with Crippen LogP contribution in [-0.4, -0.2) is 22.4 Å². The lowest BCUT2D eigenvalue weighted by Crippen LogP contribution is -2.38. The minimum absolute atomic E-state index is 0.0173. The zero-order chi connectivity index (χ0) is 25.9. The smallest absolute Gasteiger partial charge is 0.315 e. The molecule has 0 saturated carbocycles. The third kappa shape index (κ3) is 4.98. The minimum Gasteiger partial charge on any atom is -0.460 e. The lowest BCUT2D eigenvalue weighted by molar-refractivity contribution is -0.384. The first-order valence-corrected chi connectivity index (χ1v) is 12.2. The predicted molar refractivity (Wildman–Crippen MR) is 139 cm³/mol. The molecular weight excluding hydrogens is 468 g/mol. The van der Waals surface area contributed by atoms with Crippen LogP contribution in [0.2, 0.25) is 0 Å². The lowest BCUT2D eigenvalue weighted by Gasteiger charge is -2.36. The van der Waals surface area contributed by atoms with Gasteiger partial charge in [0.1, 0.15) is 12.5 Å². The average Bonchev–Trinajstić information content (AvgIpc) is 2.92. The maximum Gasteiger partial charge on any atom is 0.315 e. The van der Waals surface area contributed by atoms with Gasteiger partial charge in [0.05, 0.1) is 4.92 Å². The van der Waals surface area contributed by atoms with Crippen molar-refractivity contribution < 1.29 is 19.2 Å². The second-order valence-electron chi connectivity index (χ2n) is 9.45. The second-order valence-corrected chi connectivity index (χ2v) is 9.45. The molecule has 0 amide bonds. The number of carbonyl (C=O) groups is 2. The number of benzene rings is 3. The Morgan fingerprint density at radius 2 is 1.65 bits per heavy atom. The Kier molecular flexibility index (Phi) is 6.77. The number of ether oxygens (including phenoxy) is 1. The number of non-ortho nitro benzene ring substituents is 1. The topological polar surface area (TPSA) is 98.9 Å². The highest BCUT2D eigenvalue weighted by Gasteiger charge is 2.45. The quantitative estimate of drug-likeness (QED) is 0.241. The van der Waals surface area contributed by atoms with Crippen LogP contribution in [0, 0.1) is 16.0 Å². The van der Waals surface area contributed by atoms with E-state index in [-0.39, 0.29) is 30.4 Å². The van der Waals surface area contributed by atoms with Gasteiger partial charge in [-0.1, -0.05) is 72.8 Å². The van der Waals surface area contributed by atoms with Gasteiger partial charge in [-0.25, -0.2) is 0 Å². The first-order valence-electron chi connectivity index (χ1n) is 12.2. The molecule has 0 radical (unpaired) electrons. The number of allylic oxidation sites excluding steroid dienone is 2. The van der Waals surface area contributed by atoms with Crippen LogP contribution < -0.4 is 0 Å². The summed E-state index contributed by atoms with van der Waals surface area (Å²) in [6, 6.07) is 25.3. The zero-order valence-corrected chi connectivity index (χ0v) is 20.4. The maximum atomic E-state index is 13.7. The summed E-state index contributed by atoms with van der Waals surface area (Å²) >= 11 is 0. The summed E-state index contributed by atoms with van der Waals surface area (Å²) in [6.45, 7) is 1.85. The molecule has 1 heterocycles. The van der Waals surface area contributed by atoms with Crippen molar-refractivity contribution >= 4 is 23.2 Å². The van der Waals surface area contributed by atoms with Crippen LogP contribution in [0.5, 0.6) is 0 Å². The van der Waals surface area contributed by atoms with Crippen molar-refractivity contribution in [3.63, 3.8) is 0 Å². The van der Waals surface area contributed by atoms with Crippen molar-refractivity contribution in [1.29, 1.82) is 0 Å². The second kappa shape index (κ2) is 10.3. The fourth-order valence-corrected chi connectivity index (χ4v) is 5.34. The molecule has 1 aliphatic heterocycles. The van der Waals surface area contributed by atoms with Crippen LogP contribution in [0.25, 0.3) is 0 Å². The van der Waals surface area contributed by atoms with Crippen LogP contribution in [0.1, 0.15) is 48.3 Å². The number of hydrogen-bond acceptors (Lipinski definition) is 6. The monoisotopic (exact) mass is 494 g/mol. The van der Waals surface area contributed by atoms with E-state index in [1.54, 1.807) is 19.1 Å². The van der Waals surface area contributed by atoms with E-state index in [9.17, 15) is 19.7 Å². The third-order valence-corrected chi connectivity index (χ3v) is 7.08. The Bertz CT molecular complexity index is 1410. The number of hydrogen-bond donors (Lipinski definition) is 0. The normalized spacial score (nSPS) is 21.2. The van der Waals surface area contributed by atoms with Crippen LogP contribution in [0.3, 0.4) is 0 Å². The number of aliphatic imine (C=N–C) groups is 1. The van der Waals surface area contributed by atoms with Crippen LogP contribution in [0.4, 0.5) is 5.69 Å². The highest BCUT2D eigenvalue weighted by atomic mass is 16.6. The molecule has 7 nitrogen and oxygen atoms in total. The highest BCUT2D eigenvalue weighted by molar-refractivity contribution is 6.09. The number of nitrogens with zero attached hydrogens (tertiary/aromatic N) is 2. The molecule has 37 heavy (non-hydrogen) atoms. The molecule has 0 spiro atoms. The molecule has 0 bridgehead atoms. The first kappa shape index (κ1) is 24.3. The Balaban J connectivity index is 1.54. The highest BCUT2D eigenvalue weighted by Crippen LogP contribution is 2.47. The molecule has 3 aromatic rings. The van der Waals surface area contributed by atoms with E-state index >= 15 is 0 Å². The van der Waals surface area contributed by atoms with Gasteiger partial charge in [-0.15, -0.1) is 0 Å². The number of carbonyl (C=O) groups excluding carboxylic acids is 2. The summed E-state index contributed by atoms with van der Waals surface area (Å²) in [4.78, 5) is 43.0. The molecule has 3 aromatic carbocycles. The van der Waals surface area contributed by atoms with Crippen LogP contribution >= 0.6 is 0 Å². The lowest BCUT2D eigenvalue weighted by atomic mass is 9.69. The van der Waals surface area contributed by atoms with Gasteiger partial charge < -0.3 is 4.74 Å². The van der Waals surface area contributed by atoms with Gasteiger partial charge in [-0.2, -0.15) is 0 Å². The number of Topliss-reactive ketones (excluding diaryl/α,β-unsaturated/α-hetero) is 1. The number of ketones is 1. The van der Waals surface area contributed by atoms with Crippen LogP contribution in [-0.2, 0) is 20.9 Å². The van der Waals surface area contributed by atoms with Gasteiger partial charge >= 0.3 is 5.97 Å². The molecule has 7 heteroatoms.